The Hall–Kier alpha value is -2.55. The van der Waals surface area contributed by atoms with Gasteiger partial charge in [0.25, 0.3) is 0 Å². The molecule has 3 heterocycles. The van der Waals surface area contributed by atoms with Gasteiger partial charge in [-0.05, 0) is 11.4 Å². The lowest BCUT2D eigenvalue weighted by Gasteiger charge is -2.02. The van der Waals surface area contributed by atoms with E-state index in [1.807, 2.05) is 11.4 Å². The number of nitrogens with zero attached hydrogens (tertiary/aromatic N) is 5. The second kappa shape index (κ2) is 4.28. The van der Waals surface area contributed by atoms with Crippen LogP contribution in [0.4, 0.5) is 11.5 Å². The average molecular weight is 276 g/mol. The molecule has 0 unspecified atom stereocenters. The Balaban J connectivity index is 1.93. The van der Waals surface area contributed by atoms with Gasteiger partial charge < -0.3 is 5.73 Å². The number of fused-ring (bicyclic) bond motifs is 1. The maximum atomic E-state index is 10.6. The number of hydrogen-bond donors (Lipinski definition) is 1. The van der Waals surface area contributed by atoms with E-state index in [1.165, 1.54) is 28.4 Å². The average Bonchev–Trinajstić information content (AvgIpc) is 2.97. The predicted octanol–water partition coefficient (Wildman–Crippen LogP) is 1.43. The summed E-state index contributed by atoms with van der Waals surface area (Å²) < 4.78 is 1.41. The highest BCUT2D eigenvalue weighted by Crippen LogP contribution is 2.23. The van der Waals surface area contributed by atoms with Crippen LogP contribution >= 0.6 is 11.3 Å². The zero-order chi connectivity index (χ0) is 13.4. The summed E-state index contributed by atoms with van der Waals surface area (Å²) >= 11 is 1.47. The van der Waals surface area contributed by atoms with Gasteiger partial charge in [0, 0.05) is 0 Å². The van der Waals surface area contributed by atoms with Gasteiger partial charge in [0.1, 0.15) is 29.6 Å². The van der Waals surface area contributed by atoms with E-state index in [4.69, 9.17) is 5.73 Å². The number of nitrogens with two attached hydrogens (primary N) is 1. The van der Waals surface area contributed by atoms with Crippen molar-refractivity contribution in [3.8, 4) is 0 Å². The fourth-order valence-electron chi connectivity index (χ4n) is 1.67. The minimum atomic E-state index is -0.499. The number of nitro groups is 1. The third kappa shape index (κ3) is 2.10. The van der Waals surface area contributed by atoms with Gasteiger partial charge in [0.15, 0.2) is 5.82 Å². The summed E-state index contributed by atoms with van der Waals surface area (Å²) in [7, 11) is 0. The highest BCUT2D eigenvalue weighted by Gasteiger charge is 2.11. The Morgan fingerprint density at radius 1 is 1.47 bits per heavy atom. The lowest BCUT2D eigenvalue weighted by Crippen LogP contribution is -2.06. The molecule has 0 aliphatic heterocycles. The molecule has 0 spiro atoms. The Morgan fingerprint density at radius 2 is 2.32 bits per heavy atom. The molecule has 0 saturated heterocycles. The Labute approximate surface area is 110 Å². The van der Waals surface area contributed by atoms with Crippen LogP contribution in [-0.4, -0.2) is 24.7 Å². The molecule has 3 aromatic rings. The molecule has 0 radical (unpaired) electrons. The van der Waals surface area contributed by atoms with Crippen LogP contribution in [0.2, 0.25) is 0 Å². The maximum absolute atomic E-state index is 10.6. The molecule has 0 aromatic carbocycles. The second-order valence-electron chi connectivity index (χ2n) is 3.82. The van der Waals surface area contributed by atoms with E-state index in [9.17, 15) is 10.1 Å². The lowest BCUT2D eigenvalue weighted by molar-refractivity contribution is -0.385. The van der Waals surface area contributed by atoms with E-state index >= 15 is 0 Å². The molecule has 3 aromatic heterocycles. The van der Waals surface area contributed by atoms with Crippen LogP contribution < -0.4 is 5.73 Å². The first-order chi connectivity index (χ1) is 9.13. The molecular formula is C10H8N6O2S. The molecule has 0 aliphatic carbocycles. The van der Waals surface area contributed by atoms with E-state index in [2.05, 4.69) is 15.1 Å². The van der Waals surface area contributed by atoms with E-state index in [0.29, 0.717) is 11.6 Å². The zero-order valence-corrected chi connectivity index (χ0v) is 10.4. The summed E-state index contributed by atoms with van der Waals surface area (Å²) in [6.07, 6.45) is 2.52. The topological polar surface area (TPSA) is 113 Å². The molecule has 2 N–H and O–H groups in total. The lowest BCUT2D eigenvalue weighted by atomic mass is 10.4. The van der Waals surface area contributed by atoms with Crippen molar-refractivity contribution in [2.24, 2.45) is 0 Å². The van der Waals surface area contributed by atoms with Crippen molar-refractivity contribution < 1.29 is 4.92 Å². The van der Waals surface area contributed by atoms with Crippen molar-refractivity contribution in [2.45, 2.75) is 6.54 Å². The van der Waals surface area contributed by atoms with Crippen LogP contribution in [0.5, 0.6) is 0 Å². The Bertz CT molecular complexity index is 764. The van der Waals surface area contributed by atoms with E-state index in [1.54, 1.807) is 0 Å². The van der Waals surface area contributed by atoms with Gasteiger partial charge in [0.2, 0.25) is 0 Å². The smallest absolute Gasteiger partial charge is 0.307 e. The summed E-state index contributed by atoms with van der Waals surface area (Å²) in [5, 5.41) is 17.2. The zero-order valence-electron chi connectivity index (χ0n) is 9.55. The molecule has 0 atom stereocenters. The molecule has 9 heteroatoms. The molecule has 96 valence electrons. The number of aromatic nitrogens is 4. The van der Waals surface area contributed by atoms with Gasteiger partial charge in [-0.1, -0.05) is 0 Å². The predicted molar refractivity (Wildman–Crippen MR) is 69.8 cm³/mol. The van der Waals surface area contributed by atoms with E-state index in [-0.39, 0.29) is 12.2 Å². The van der Waals surface area contributed by atoms with Gasteiger partial charge in [-0.2, -0.15) is 5.10 Å². The molecule has 19 heavy (non-hydrogen) atoms. The number of nitrogen functional groups attached to an aromatic ring is 1. The quantitative estimate of drug-likeness (QED) is 0.571. The first-order valence-electron chi connectivity index (χ1n) is 5.30. The van der Waals surface area contributed by atoms with Crippen LogP contribution in [-0.2, 0) is 6.54 Å². The number of anilines is 1. The molecule has 0 saturated carbocycles. The molecule has 0 bridgehead atoms. The maximum Gasteiger partial charge on any atom is 0.307 e. The molecular weight excluding hydrogens is 268 g/mol. The van der Waals surface area contributed by atoms with Gasteiger partial charge in [0.05, 0.1) is 10.3 Å². The SMILES string of the molecule is Nc1nc(Cn2cc([N+](=O)[O-])cn2)nc2sccc12. The molecule has 3 rings (SSSR count). The third-order valence-electron chi connectivity index (χ3n) is 2.53. The van der Waals surface area contributed by atoms with E-state index < -0.39 is 4.92 Å². The Kier molecular flexibility index (Phi) is 2.60. The summed E-state index contributed by atoms with van der Waals surface area (Å²) in [5.41, 5.74) is 5.76. The summed E-state index contributed by atoms with van der Waals surface area (Å²) in [6.45, 7) is 0.242. The van der Waals surface area contributed by atoms with Crippen molar-refractivity contribution in [2.75, 3.05) is 5.73 Å². The fraction of sp³-hybridized carbons (Fsp3) is 0.100. The van der Waals surface area contributed by atoms with Crippen LogP contribution in [0.1, 0.15) is 5.82 Å². The Morgan fingerprint density at radius 3 is 3.05 bits per heavy atom. The first-order valence-corrected chi connectivity index (χ1v) is 6.18. The molecule has 8 nitrogen and oxygen atoms in total. The van der Waals surface area contributed by atoms with Crippen LogP contribution in [0, 0.1) is 10.1 Å². The van der Waals surface area contributed by atoms with Crippen LogP contribution in [0.25, 0.3) is 10.2 Å². The number of thiophene rings is 1. The van der Waals surface area contributed by atoms with Gasteiger partial charge in [-0.25, -0.2) is 9.97 Å². The van der Waals surface area contributed by atoms with Crippen molar-refractivity contribution >= 4 is 33.1 Å². The van der Waals surface area contributed by atoms with Gasteiger partial charge in [-0.15, -0.1) is 11.3 Å². The molecule has 0 fully saturated rings. The van der Waals surface area contributed by atoms with Crippen molar-refractivity contribution in [3.05, 3.63) is 39.8 Å². The van der Waals surface area contributed by atoms with Crippen LogP contribution in [0.15, 0.2) is 23.8 Å². The minimum absolute atomic E-state index is 0.0647. The van der Waals surface area contributed by atoms with E-state index in [0.717, 1.165) is 10.2 Å². The molecule has 0 aliphatic rings. The van der Waals surface area contributed by atoms with Crippen molar-refractivity contribution in [1.82, 2.24) is 19.7 Å². The van der Waals surface area contributed by atoms with Crippen molar-refractivity contribution in [1.29, 1.82) is 0 Å². The largest absolute Gasteiger partial charge is 0.383 e. The normalized spacial score (nSPS) is 10.9. The first kappa shape index (κ1) is 11.5. The fourth-order valence-corrected chi connectivity index (χ4v) is 2.46. The summed E-state index contributed by atoms with van der Waals surface area (Å²) in [6, 6.07) is 1.86. The number of rotatable bonds is 3. The highest BCUT2D eigenvalue weighted by atomic mass is 32.1. The highest BCUT2D eigenvalue weighted by molar-refractivity contribution is 7.16. The van der Waals surface area contributed by atoms with Crippen molar-refractivity contribution in [3.63, 3.8) is 0 Å². The monoisotopic (exact) mass is 276 g/mol. The summed E-state index contributed by atoms with van der Waals surface area (Å²) in [4.78, 5) is 19.4. The van der Waals surface area contributed by atoms with Gasteiger partial charge >= 0.3 is 5.69 Å². The summed E-state index contributed by atoms with van der Waals surface area (Å²) in [5.74, 6) is 0.883. The van der Waals surface area contributed by atoms with Crippen LogP contribution in [0.3, 0.4) is 0 Å². The molecule has 0 amide bonds. The standard InChI is InChI=1S/C10H8N6O2S/c11-9-7-1-2-19-10(7)14-8(13-9)5-15-4-6(3-12-15)16(17)18/h1-4H,5H2,(H2,11,13,14). The second-order valence-corrected chi connectivity index (χ2v) is 4.71. The third-order valence-corrected chi connectivity index (χ3v) is 3.34. The minimum Gasteiger partial charge on any atom is -0.383 e. The van der Waals surface area contributed by atoms with Gasteiger partial charge in [-0.3, -0.25) is 14.8 Å². The number of hydrogen-bond acceptors (Lipinski definition) is 7.